The van der Waals surface area contributed by atoms with Gasteiger partial charge >= 0.3 is 7.69 Å². The van der Waals surface area contributed by atoms with Gasteiger partial charge in [0.05, 0.1) is 0 Å². The molecule has 25 heavy (non-hydrogen) atoms. The van der Waals surface area contributed by atoms with E-state index in [4.69, 9.17) is 9.68 Å². The molecule has 0 saturated heterocycles. The molecule has 3 aromatic rings. The Hall–Kier alpha value is -1.82. The Morgan fingerprint density at radius 2 is 1.64 bits per heavy atom. The fourth-order valence-electron chi connectivity index (χ4n) is 3.74. The smallest absolute Gasteiger partial charge is 0.537 e. The van der Waals surface area contributed by atoms with E-state index in [0.29, 0.717) is 13.4 Å². The average Bonchev–Trinajstić information content (AvgIpc) is 2.83. The number of rotatable bonds is 3. The van der Waals surface area contributed by atoms with Crippen LogP contribution in [0, 0.1) is 0 Å². The summed E-state index contributed by atoms with van der Waals surface area (Å²) >= 11 is 3.52. The largest absolute Gasteiger partial charge is 0.569 e. The Labute approximate surface area is 157 Å². The highest BCUT2D eigenvalue weighted by Crippen LogP contribution is 2.33. The Bertz CT molecular complexity index is 972. The molecule has 0 spiro atoms. The molecule has 1 aliphatic heterocycles. The maximum atomic E-state index is 8.91. The highest BCUT2D eigenvalue weighted by atomic mass is 79.9. The first-order chi connectivity index (χ1) is 12.0. The van der Waals surface area contributed by atoms with Crippen LogP contribution in [0.3, 0.4) is 0 Å². The second-order valence-electron chi connectivity index (χ2n) is 6.83. The van der Waals surface area contributed by atoms with E-state index in [1.54, 1.807) is 0 Å². The van der Waals surface area contributed by atoms with Gasteiger partial charge in [0.1, 0.15) is 13.8 Å². The molecule has 123 valence electrons. The van der Waals surface area contributed by atoms with Gasteiger partial charge in [0.2, 0.25) is 0 Å². The van der Waals surface area contributed by atoms with Crippen LogP contribution < -0.4 is 15.0 Å². The van der Waals surface area contributed by atoms with Crippen LogP contribution in [0.1, 0.15) is 0 Å². The van der Waals surface area contributed by atoms with E-state index in [-0.39, 0.29) is 0 Å². The van der Waals surface area contributed by atoms with Crippen molar-refractivity contribution in [3.8, 4) is 28.0 Å². The number of halogens is 1. The van der Waals surface area contributed by atoms with Crippen molar-refractivity contribution in [3.05, 3.63) is 65.1 Å². The number of hydrogen-bond acceptors (Lipinski definition) is 2. The second kappa shape index (κ2) is 6.16. The Balaban J connectivity index is 1.85. The van der Waals surface area contributed by atoms with Gasteiger partial charge in [-0.2, -0.15) is 0 Å². The quantitative estimate of drug-likeness (QED) is 0.668. The average molecular weight is 408 g/mol. The van der Waals surface area contributed by atoms with Crippen molar-refractivity contribution in [2.24, 2.45) is 0 Å². The molecule has 0 bridgehead atoms. The van der Waals surface area contributed by atoms with Gasteiger partial charge in [0, 0.05) is 4.47 Å². The molecule has 0 fully saturated rings. The standard InChI is InChI=1S/C20H17BBrO2Si/c1-25(2)19-6-4-3-5-17(19)18-8-7-13(11-20(18)25)14-9-15(22)12-16(10-14)24-21-23/h3-12,23H,1-2H3. The van der Waals surface area contributed by atoms with Crippen molar-refractivity contribution in [1.82, 2.24) is 0 Å². The fraction of sp³-hybridized carbons (Fsp3) is 0.100. The Morgan fingerprint density at radius 1 is 0.880 bits per heavy atom. The van der Waals surface area contributed by atoms with E-state index < -0.39 is 8.07 Å². The van der Waals surface area contributed by atoms with Crippen LogP contribution in [-0.4, -0.2) is 20.8 Å². The number of fused-ring (bicyclic) bond motifs is 3. The molecule has 1 N–H and O–H groups in total. The normalized spacial score (nSPS) is 13.9. The first-order valence-corrected chi connectivity index (χ1v) is 12.0. The summed E-state index contributed by atoms with van der Waals surface area (Å²) in [7, 11) is -0.968. The summed E-state index contributed by atoms with van der Waals surface area (Å²) in [5.74, 6) is 0.604. The van der Waals surface area contributed by atoms with E-state index in [0.717, 1.165) is 15.6 Å². The summed E-state index contributed by atoms with van der Waals surface area (Å²) in [6.45, 7) is 4.83. The van der Waals surface area contributed by atoms with Gasteiger partial charge in [-0.05, 0) is 50.8 Å². The van der Waals surface area contributed by atoms with Crippen molar-refractivity contribution in [1.29, 1.82) is 0 Å². The van der Waals surface area contributed by atoms with Gasteiger partial charge in [-0.15, -0.1) is 0 Å². The summed E-state index contributed by atoms with van der Waals surface area (Å²) in [5.41, 5.74) is 4.98. The molecule has 0 amide bonds. The van der Waals surface area contributed by atoms with Crippen LogP contribution in [0.5, 0.6) is 5.75 Å². The minimum absolute atomic E-state index is 0.604. The zero-order chi connectivity index (χ0) is 17.6. The lowest BCUT2D eigenvalue weighted by Gasteiger charge is -2.19. The van der Waals surface area contributed by atoms with Crippen molar-refractivity contribution < 1.29 is 9.68 Å². The van der Waals surface area contributed by atoms with E-state index in [1.807, 2.05) is 12.1 Å². The predicted molar refractivity (Wildman–Crippen MR) is 110 cm³/mol. The molecule has 0 aromatic heterocycles. The van der Waals surface area contributed by atoms with Gasteiger partial charge in [0.15, 0.2) is 0 Å². The summed E-state index contributed by atoms with van der Waals surface area (Å²) in [5, 5.41) is 11.9. The lowest BCUT2D eigenvalue weighted by Crippen LogP contribution is -2.49. The van der Waals surface area contributed by atoms with E-state index in [9.17, 15) is 0 Å². The van der Waals surface area contributed by atoms with E-state index in [2.05, 4.69) is 77.6 Å². The zero-order valence-corrected chi connectivity index (χ0v) is 16.7. The summed E-state index contributed by atoms with van der Waals surface area (Å²) < 4.78 is 6.06. The van der Waals surface area contributed by atoms with Crippen molar-refractivity contribution in [2.45, 2.75) is 13.1 Å². The molecule has 0 aliphatic carbocycles. The summed E-state index contributed by atoms with van der Waals surface area (Å²) in [4.78, 5) is 0. The van der Waals surface area contributed by atoms with E-state index >= 15 is 0 Å². The van der Waals surface area contributed by atoms with Crippen LogP contribution in [0.2, 0.25) is 13.1 Å². The third-order valence-electron chi connectivity index (χ3n) is 4.98. The van der Waals surface area contributed by atoms with Crippen LogP contribution in [0.25, 0.3) is 22.3 Å². The van der Waals surface area contributed by atoms with Crippen molar-refractivity contribution >= 4 is 42.1 Å². The zero-order valence-electron chi connectivity index (χ0n) is 14.1. The van der Waals surface area contributed by atoms with Crippen LogP contribution in [0.4, 0.5) is 0 Å². The lowest BCUT2D eigenvalue weighted by atomic mass is 10.0. The number of benzene rings is 3. The van der Waals surface area contributed by atoms with Crippen molar-refractivity contribution in [3.63, 3.8) is 0 Å². The molecule has 4 rings (SSSR count). The maximum Gasteiger partial charge on any atom is 0.569 e. The first kappa shape index (κ1) is 16.6. The Morgan fingerprint density at radius 3 is 2.44 bits per heavy atom. The molecule has 1 heterocycles. The topological polar surface area (TPSA) is 29.5 Å². The highest BCUT2D eigenvalue weighted by molar-refractivity contribution is 9.10. The van der Waals surface area contributed by atoms with Gasteiger partial charge in [-0.1, -0.05) is 71.5 Å². The molecule has 1 radical (unpaired) electrons. The minimum atomic E-state index is -1.68. The minimum Gasteiger partial charge on any atom is -0.537 e. The fourth-order valence-corrected chi connectivity index (χ4v) is 7.32. The molecule has 3 aromatic carbocycles. The van der Waals surface area contributed by atoms with Gasteiger partial charge < -0.3 is 9.68 Å². The molecule has 5 heteroatoms. The summed E-state index contributed by atoms with van der Waals surface area (Å²) in [6.07, 6.45) is 0. The Kier molecular flexibility index (Phi) is 4.10. The third kappa shape index (κ3) is 2.76. The van der Waals surface area contributed by atoms with Gasteiger partial charge in [0.25, 0.3) is 0 Å². The molecular weight excluding hydrogens is 391 g/mol. The molecule has 0 unspecified atom stereocenters. The van der Waals surface area contributed by atoms with Crippen molar-refractivity contribution in [2.75, 3.05) is 0 Å². The highest BCUT2D eigenvalue weighted by Gasteiger charge is 2.37. The molecule has 2 nitrogen and oxygen atoms in total. The van der Waals surface area contributed by atoms with Gasteiger partial charge in [-0.25, -0.2) is 0 Å². The monoisotopic (exact) mass is 407 g/mol. The first-order valence-electron chi connectivity index (χ1n) is 8.18. The second-order valence-corrected chi connectivity index (χ2v) is 12.1. The summed E-state index contributed by atoms with van der Waals surface area (Å²) in [6, 6.07) is 21.4. The SMILES string of the molecule is C[Si]1(C)c2ccccc2-c2ccc(-c3cc(Br)cc(O[B]O)c3)cc21. The molecule has 0 atom stereocenters. The number of hydrogen-bond donors (Lipinski definition) is 1. The van der Waals surface area contributed by atoms with Crippen LogP contribution in [-0.2, 0) is 0 Å². The van der Waals surface area contributed by atoms with Crippen LogP contribution >= 0.6 is 15.9 Å². The lowest BCUT2D eigenvalue weighted by molar-refractivity contribution is 0.454. The van der Waals surface area contributed by atoms with E-state index in [1.165, 1.54) is 21.5 Å². The third-order valence-corrected chi connectivity index (χ3v) is 8.98. The molecule has 1 aliphatic rings. The van der Waals surface area contributed by atoms with Gasteiger partial charge in [-0.3, -0.25) is 0 Å². The molecular formula is C20H17BBrO2Si. The predicted octanol–water partition coefficient (Wildman–Crippen LogP) is 3.82. The molecule has 0 saturated carbocycles. The maximum absolute atomic E-state index is 8.91. The van der Waals surface area contributed by atoms with Crippen LogP contribution in [0.15, 0.2) is 65.1 Å².